The van der Waals surface area contributed by atoms with Crippen LogP contribution in [0.25, 0.3) is 11.4 Å². The van der Waals surface area contributed by atoms with E-state index in [1.54, 1.807) is 4.68 Å². The first-order valence-corrected chi connectivity index (χ1v) is 6.46. The second kappa shape index (κ2) is 4.36. The second-order valence-corrected chi connectivity index (χ2v) is 5.33. The van der Waals surface area contributed by atoms with E-state index in [2.05, 4.69) is 20.5 Å². The number of nitrogens with zero attached hydrogens (tertiary/aromatic N) is 5. The van der Waals surface area contributed by atoms with Gasteiger partial charge in [-0.3, -0.25) is 9.78 Å². The molecule has 1 aliphatic rings. The van der Waals surface area contributed by atoms with Crippen LogP contribution in [0.3, 0.4) is 0 Å². The maximum atomic E-state index is 11.3. The molecule has 2 aromatic rings. The predicted molar refractivity (Wildman–Crippen MR) is 69.8 cm³/mol. The van der Waals surface area contributed by atoms with Crippen LogP contribution in [0.1, 0.15) is 24.2 Å². The lowest BCUT2D eigenvalue weighted by Crippen LogP contribution is -2.22. The first kappa shape index (κ1) is 12.7. The summed E-state index contributed by atoms with van der Waals surface area (Å²) in [5, 5.41) is 20.9. The van der Waals surface area contributed by atoms with Gasteiger partial charge in [0.25, 0.3) is 0 Å². The first-order valence-electron chi connectivity index (χ1n) is 6.46. The van der Waals surface area contributed by atoms with Gasteiger partial charge in [-0.2, -0.15) is 0 Å². The number of aryl methyl sites for hydroxylation is 2. The molecule has 0 spiro atoms. The number of carboxylic acids is 1. The molecular weight excluding hydrogens is 258 g/mol. The summed E-state index contributed by atoms with van der Waals surface area (Å²) in [6, 6.07) is 3.81. The van der Waals surface area contributed by atoms with Crippen molar-refractivity contribution < 1.29 is 9.90 Å². The van der Waals surface area contributed by atoms with Gasteiger partial charge in [0.1, 0.15) is 0 Å². The van der Waals surface area contributed by atoms with Crippen molar-refractivity contribution in [3.8, 4) is 11.4 Å². The molecule has 20 heavy (non-hydrogen) atoms. The summed E-state index contributed by atoms with van der Waals surface area (Å²) in [6.45, 7) is 4.12. The minimum absolute atomic E-state index is 0.304. The van der Waals surface area contributed by atoms with Gasteiger partial charge in [0, 0.05) is 17.0 Å². The average Bonchev–Trinajstić information content (AvgIpc) is 3.03. The summed E-state index contributed by atoms with van der Waals surface area (Å²) in [4.78, 5) is 15.7. The lowest BCUT2D eigenvalue weighted by atomic mass is 10.1. The fourth-order valence-electron chi connectivity index (χ4n) is 2.30. The maximum absolute atomic E-state index is 11.3. The molecule has 7 heteroatoms. The van der Waals surface area contributed by atoms with Crippen LogP contribution >= 0.6 is 0 Å². The molecule has 0 saturated heterocycles. The van der Waals surface area contributed by atoms with E-state index >= 15 is 0 Å². The van der Waals surface area contributed by atoms with Crippen LogP contribution in [0.4, 0.5) is 0 Å². The second-order valence-electron chi connectivity index (χ2n) is 5.33. The SMILES string of the molecule is Cc1ccc(-c2nnnn2CC2(C(=O)O)CC2)c(C)n1. The molecule has 3 rings (SSSR count). The Morgan fingerprint density at radius 3 is 2.75 bits per heavy atom. The van der Waals surface area contributed by atoms with Crippen molar-refractivity contribution in [2.75, 3.05) is 0 Å². The molecule has 1 N–H and O–H groups in total. The molecule has 104 valence electrons. The first-order chi connectivity index (χ1) is 9.52. The third kappa shape index (κ3) is 2.04. The van der Waals surface area contributed by atoms with Gasteiger partial charge in [-0.15, -0.1) is 5.10 Å². The molecule has 0 amide bonds. The number of tetrazole rings is 1. The molecule has 0 aromatic carbocycles. The van der Waals surface area contributed by atoms with Crippen LogP contribution in [-0.2, 0) is 11.3 Å². The summed E-state index contributed by atoms with van der Waals surface area (Å²) in [6.07, 6.45) is 1.35. The van der Waals surface area contributed by atoms with Crippen LogP contribution in [0.5, 0.6) is 0 Å². The third-order valence-electron chi connectivity index (χ3n) is 3.76. The fraction of sp³-hybridized carbons (Fsp3) is 0.462. The van der Waals surface area contributed by atoms with E-state index in [0.717, 1.165) is 17.0 Å². The predicted octanol–water partition coefficient (Wildman–Crippen LogP) is 1.22. The molecule has 2 aromatic heterocycles. The molecule has 1 aliphatic carbocycles. The molecule has 2 heterocycles. The van der Waals surface area contributed by atoms with Crippen molar-refractivity contribution in [3.63, 3.8) is 0 Å². The number of hydrogen-bond donors (Lipinski definition) is 1. The topological polar surface area (TPSA) is 93.8 Å². The molecule has 0 atom stereocenters. The molecule has 7 nitrogen and oxygen atoms in total. The van der Waals surface area contributed by atoms with Crippen molar-refractivity contribution in [2.45, 2.75) is 33.2 Å². The molecule has 0 bridgehead atoms. The van der Waals surface area contributed by atoms with Gasteiger partial charge in [-0.1, -0.05) is 0 Å². The quantitative estimate of drug-likeness (QED) is 0.900. The molecule has 1 saturated carbocycles. The van der Waals surface area contributed by atoms with E-state index in [-0.39, 0.29) is 0 Å². The molecule has 0 unspecified atom stereocenters. The van der Waals surface area contributed by atoms with Gasteiger partial charge in [0.05, 0.1) is 12.0 Å². The highest BCUT2D eigenvalue weighted by atomic mass is 16.4. The van der Waals surface area contributed by atoms with Crippen molar-refractivity contribution in [1.82, 2.24) is 25.2 Å². The van der Waals surface area contributed by atoms with E-state index in [1.807, 2.05) is 26.0 Å². The number of rotatable bonds is 4. The Labute approximate surface area is 115 Å². The lowest BCUT2D eigenvalue weighted by Gasteiger charge is -2.11. The van der Waals surface area contributed by atoms with Crippen LogP contribution < -0.4 is 0 Å². The van der Waals surface area contributed by atoms with Gasteiger partial charge in [0.15, 0.2) is 5.82 Å². The van der Waals surface area contributed by atoms with Crippen molar-refractivity contribution >= 4 is 5.97 Å². The largest absolute Gasteiger partial charge is 0.481 e. The zero-order chi connectivity index (χ0) is 14.3. The fourth-order valence-corrected chi connectivity index (χ4v) is 2.30. The zero-order valence-electron chi connectivity index (χ0n) is 11.4. The number of aliphatic carboxylic acids is 1. The third-order valence-corrected chi connectivity index (χ3v) is 3.76. The van der Waals surface area contributed by atoms with Gasteiger partial charge in [0.2, 0.25) is 0 Å². The van der Waals surface area contributed by atoms with Crippen LogP contribution in [0.2, 0.25) is 0 Å². The number of pyridine rings is 1. The highest BCUT2D eigenvalue weighted by molar-refractivity contribution is 5.77. The smallest absolute Gasteiger partial charge is 0.311 e. The Morgan fingerprint density at radius 2 is 2.15 bits per heavy atom. The van der Waals surface area contributed by atoms with Crippen molar-refractivity contribution in [2.24, 2.45) is 5.41 Å². The normalized spacial score (nSPS) is 16.1. The Balaban J connectivity index is 1.96. The van der Waals surface area contributed by atoms with Gasteiger partial charge >= 0.3 is 5.97 Å². The van der Waals surface area contributed by atoms with Gasteiger partial charge in [-0.05, 0) is 49.2 Å². The monoisotopic (exact) mass is 273 g/mol. The van der Waals surface area contributed by atoms with Gasteiger partial charge < -0.3 is 5.11 Å². The maximum Gasteiger partial charge on any atom is 0.311 e. The van der Waals surface area contributed by atoms with Crippen LogP contribution in [0, 0.1) is 19.3 Å². The number of aromatic nitrogens is 5. The van der Waals surface area contributed by atoms with E-state index in [0.29, 0.717) is 25.2 Å². The summed E-state index contributed by atoms with van der Waals surface area (Å²) >= 11 is 0. The molecule has 1 fully saturated rings. The molecular formula is C13H15N5O2. The molecule has 0 aliphatic heterocycles. The number of hydrogen-bond acceptors (Lipinski definition) is 5. The Bertz CT molecular complexity index is 675. The summed E-state index contributed by atoms with van der Waals surface area (Å²) in [5.41, 5.74) is 1.90. The van der Waals surface area contributed by atoms with E-state index in [1.165, 1.54) is 0 Å². The standard InChI is InChI=1S/C13H15N5O2/c1-8-3-4-10(9(2)14-8)11-15-16-17-18(11)7-13(5-6-13)12(19)20/h3-4H,5-7H2,1-2H3,(H,19,20). The van der Waals surface area contributed by atoms with Crippen molar-refractivity contribution in [1.29, 1.82) is 0 Å². The number of carbonyl (C=O) groups is 1. The molecule has 0 radical (unpaired) electrons. The Kier molecular flexibility index (Phi) is 2.77. The van der Waals surface area contributed by atoms with Crippen molar-refractivity contribution in [3.05, 3.63) is 23.5 Å². The number of carboxylic acid groups (broad SMARTS) is 1. The minimum atomic E-state index is -0.780. The van der Waals surface area contributed by atoms with E-state index in [9.17, 15) is 9.90 Å². The Morgan fingerprint density at radius 1 is 1.40 bits per heavy atom. The zero-order valence-corrected chi connectivity index (χ0v) is 11.4. The summed E-state index contributed by atoms with van der Waals surface area (Å²) in [7, 11) is 0. The summed E-state index contributed by atoms with van der Waals surface area (Å²) in [5.74, 6) is -0.208. The minimum Gasteiger partial charge on any atom is -0.481 e. The highest BCUT2D eigenvalue weighted by Crippen LogP contribution is 2.47. The highest BCUT2D eigenvalue weighted by Gasteiger charge is 2.51. The lowest BCUT2D eigenvalue weighted by molar-refractivity contribution is -0.144. The van der Waals surface area contributed by atoms with E-state index < -0.39 is 11.4 Å². The van der Waals surface area contributed by atoms with Gasteiger partial charge in [-0.25, -0.2) is 4.68 Å². The summed E-state index contributed by atoms with van der Waals surface area (Å²) < 4.78 is 1.57. The van der Waals surface area contributed by atoms with E-state index in [4.69, 9.17) is 0 Å². The average molecular weight is 273 g/mol. The van der Waals surface area contributed by atoms with Crippen LogP contribution in [-0.4, -0.2) is 36.3 Å². The Hall–Kier alpha value is -2.31. The van der Waals surface area contributed by atoms with Crippen LogP contribution in [0.15, 0.2) is 12.1 Å².